The third-order valence-corrected chi connectivity index (χ3v) is 9.22. The molecule has 0 saturated carbocycles. The Morgan fingerprint density at radius 1 is 1.00 bits per heavy atom. The van der Waals surface area contributed by atoms with Gasteiger partial charge in [-0.25, -0.2) is 14.8 Å². The number of benzene rings is 1. The second-order valence-electron chi connectivity index (χ2n) is 13.6. The predicted octanol–water partition coefficient (Wildman–Crippen LogP) is 2.74. The van der Waals surface area contributed by atoms with Gasteiger partial charge in [0.05, 0.1) is 49.8 Å². The highest BCUT2D eigenvalue weighted by atomic mass is 19.4. The fourth-order valence-corrected chi connectivity index (χ4v) is 6.47. The van der Waals surface area contributed by atoms with E-state index in [1.165, 1.54) is 38.3 Å². The van der Waals surface area contributed by atoms with E-state index in [2.05, 4.69) is 36.3 Å². The minimum atomic E-state index is -4.44. The maximum Gasteiger partial charge on any atom is 0.405 e. The first-order valence-electron chi connectivity index (χ1n) is 18.9. The molecule has 4 N–H and O–H groups in total. The summed E-state index contributed by atoms with van der Waals surface area (Å²) in [6.07, 6.45) is 1.11. The van der Waals surface area contributed by atoms with Crippen molar-refractivity contribution in [2.75, 3.05) is 63.4 Å². The molecule has 0 spiro atoms. The summed E-state index contributed by atoms with van der Waals surface area (Å²) in [4.78, 5) is 71.0. The number of nitrogens with one attached hydrogen (secondary N) is 4. The normalized spacial score (nSPS) is 14.4. The number of hydrogen-bond acceptors (Lipinski definition) is 13. The zero-order chi connectivity index (χ0) is 42.8. The molecule has 1 aliphatic rings. The van der Waals surface area contributed by atoms with E-state index in [0.29, 0.717) is 44.8 Å². The Morgan fingerprint density at radius 3 is 2.50 bits per heavy atom. The summed E-state index contributed by atoms with van der Waals surface area (Å²) in [5.74, 6) is -2.18. The highest BCUT2D eigenvalue weighted by Crippen LogP contribution is 2.26. The Kier molecular flexibility index (Phi) is 14.1. The van der Waals surface area contributed by atoms with Crippen LogP contribution in [0.5, 0.6) is 0 Å². The van der Waals surface area contributed by atoms with Gasteiger partial charge in [0, 0.05) is 51.6 Å². The number of imide groups is 1. The number of piperidine rings is 1. The fraction of sp³-hybridized carbons (Fsp3) is 0.421. The molecule has 5 aromatic rings. The molecule has 1 aromatic carbocycles. The molecule has 1 aliphatic heterocycles. The number of nitrogens with zero attached hydrogens (tertiary/aromatic N) is 6. The van der Waals surface area contributed by atoms with Crippen LogP contribution in [0.3, 0.4) is 0 Å². The molecule has 22 heteroatoms. The topological polar surface area (TPSA) is 228 Å². The SMILES string of the molecule is Cn1cc(NC(=O)c2coc(-c3ccnc(NCC(F)(F)F)c3)n2)c(C(=O)NCCOCCOCCOCCCc2cccc3c2n(C)c(=O)n3C2CCC(=O)NC2=O)n1. The first kappa shape index (κ1) is 43.2. The molecular formula is C38H43F3N10O9. The summed E-state index contributed by atoms with van der Waals surface area (Å²) in [5.41, 5.74) is 2.21. The smallest absolute Gasteiger partial charge is 0.405 e. The molecule has 320 valence electrons. The fourth-order valence-electron chi connectivity index (χ4n) is 6.47. The van der Waals surface area contributed by atoms with Gasteiger partial charge in [-0.3, -0.25) is 38.3 Å². The molecule has 0 radical (unpaired) electrons. The second kappa shape index (κ2) is 19.6. The van der Waals surface area contributed by atoms with Crippen molar-refractivity contribution < 1.29 is 51.0 Å². The number of carbonyl (C=O) groups excluding carboxylic acids is 4. The van der Waals surface area contributed by atoms with Crippen molar-refractivity contribution in [3.05, 3.63) is 76.4 Å². The molecule has 1 unspecified atom stereocenters. The molecule has 0 bridgehead atoms. The van der Waals surface area contributed by atoms with Crippen molar-refractivity contribution in [3.8, 4) is 11.5 Å². The lowest BCUT2D eigenvalue weighted by Gasteiger charge is -2.21. The van der Waals surface area contributed by atoms with Gasteiger partial charge >= 0.3 is 11.9 Å². The van der Waals surface area contributed by atoms with Gasteiger partial charge in [0.2, 0.25) is 17.7 Å². The molecule has 60 heavy (non-hydrogen) atoms. The second-order valence-corrected chi connectivity index (χ2v) is 13.6. The van der Waals surface area contributed by atoms with Crippen LogP contribution < -0.4 is 27.0 Å². The van der Waals surface area contributed by atoms with Crippen LogP contribution in [0, 0.1) is 0 Å². The van der Waals surface area contributed by atoms with Crippen LogP contribution in [-0.2, 0) is 44.3 Å². The van der Waals surface area contributed by atoms with Gasteiger partial charge in [-0.2, -0.15) is 18.3 Å². The number of hydrogen-bond donors (Lipinski definition) is 4. The van der Waals surface area contributed by atoms with Crippen molar-refractivity contribution in [1.29, 1.82) is 0 Å². The maximum atomic E-state index is 13.1. The quantitative estimate of drug-likeness (QED) is 0.0654. The van der Waals surface area contributed by atoms with Crippen LogP contribution in [0.15, 0.2) is 58.2 Å². The van der Waals surface area contributed by atoms with Gasteiger partial charge in [-0.15, -0.1) is 0 Å². The molecule has 19 nitrogen and oxygen atoms in total. The zero-order valence-electron chi connectivity index (χ0n) is 32.7. The van der Waals surface area contributed by atoms with E-state index in [1.54, 1.807) is 20.2 Å². The van der Waals surface area contributed by atoms with Crippen LogP contribution in [0.25, 0.3) is 22.5 Å². The summed E-state index contributed by atoms with van der Waals surface area (Å²) in [7, 11) is 3.24. The number of aryl methyl sites for hydroxylation is 3. The number of fused-ring (bicyclic) bond motifs is 1. The number of aromatic nitrogens is 6. The van der Waals surface area contributed by atoms with Crippen LogP contribution in [0.2, 0.25) is 0 Å². The largest absolute Gasteiger partial charge is 0.444 e. The third-order valence-electron chi connectivity index (χ3n) is 9.22. The van der Waals surface area contributed by atoms with E-state index in [4.69, 9.17) is 18.6 Å². The van der Waals surface area contributed by atoms with Crippen molar-refractivity contribution in [2.45, 2.75) is 37.9 Å². The standard InChI is InChI=1S/C38H43F3N10O9/c1-49-20-25(45-33(53)26-21-60-36(46-26)24-10-11-42-29(19-24)44-22-38(39,40)41)31(48-49)35(55)43-12-14-58-16-18-59-17-15-57-13-4-6-23-5-3-7-27-32(23)50(2)37(56)51(27)28-8-9-30(52)47-34(28)54/h3,5,7,10-11,19-21,28H,4,6,8-9,12-18,22H2,1-2H3,(H,42,44)(H,43,55)(H,45,53)(H,47,52,54). The first-order chi connectivity index (χ1) is 28.8. The number of pyridine rings is 1. The van der Waals surface area contributed by atoms with Crippen LogP contribution in [-0.4, -0.2) is 111 Å². The summed E-state index contributed by atoms with van der Waals surface area (Å²) in [6.45, 7) is 0.786. The number of para-hydroxylation sites is 1. The Bertz CT molecular complexity index is 2390. The Morgan fingerprint density at radius 2 is 1.75 bits per heavy atom. The Hall–Kier alpha value is -6.39. The highest BCUT2D eigenvalue weighted by molar-refractivity contribution is 6.07. The minimum Gasteiger partial charge on any atom is -0.444 e. The van der Waals surface area contributed by atoms with Crippen molar-refractivity contribution in [1.82, 2.24) is 39.5 Å². The van der Waals surface area contributed by atoms with E-state index in [0.717, 1.165) is 17.3 Å². The van der Waals surface area contributed by atoms with E-state index in [9.17, 15) is 37.1 Å². The van der Waals surface area contributed by atoms with Crippen molar-refractivity contribution >= 4 is 46.2 Å². The van der Waals surface area contributed by atoms with Gasteiger partial charge in [-0.05, 0) is 43.0 Å². The summed E-state index contributed by atoms with van der Waals surface area (Å²) >= 11 is 0. The monoisotopic (exact) mass is 840 g/mol. The molecule has 1 atom stereocenters. The first-order valence-corrected chi connectivity index (χ1v) is 18.9. The van der Waals surface area contributed by atoms with Gasteiger partial charge in [0.15, 0.2) is 11.4 Å². The number of imidazole rings is 1. The average molecular weight is 841 g/mol. The molecule has 5 heterocycles. The Labute approximate surface area is 339 Å². The molecule has 4 aromatic heterocycles. The van der Waals surface area contributed by atoms with Crippen LogP contribution >= 0.6 is 0 Å². The van der Waals surface area contributed by atoms with E-state index >= 15 is 0 Å². The molecule has 1 fully saturated rings. The summed E-state index contributed by atoms with van der Waals surface area (Å²) < 4.78 is 64.2. The lowest BCUT2D eigenvalue weighted by atomic mass is 10.0. The number of anilines is 2. The number of alkyl halides is 3. The van der Waals surface area contributed by atoms with Crippen LogP contribution in [0.1, 0.15) is 51.8 Å². The molecule has 6 rings (SSSR count). The number of halogens is 3. The number of rotatable bonds is 20. The lowest BCUT2D eigenvalue weighted by molar-refractivity contribution is -0.135. The third kappa shape index (κ3) is 11.0. The number of ether oxygens (including phenoxy) is 3. The van der Waals surface area contributed by atoms with Crippen molar-refractivity contribution in [3.63, 3.8) is 0 Å². The van der Waals surface area contributed by atoms with Gasteiger partial charge in [-0.1, -0.05) is 12.1 Å². The van der Waals surface area contributed by atoms with E-state index in [-0.39, 0.29) is 78.5 Å². The molecule has 0 aliphatic carbocycles. The summed E-state index contributed by atoms with van der Waals surface area (Å²) in [6, 6.07) is 7.60. The zero-order valence-corrected chi connectivity index (χ0v) is 32.7. The van der Waals surface area contributed by atoms with E-state index in [1.807, 2.05) is 12.1 Å². The van der Waals surface area contributed by atoms with Gasteiger partial charge in [0.1, 0.15) is 24.7 Å². The van der Waals surface area contributed by atoms with Gasteiger partial charge < -0.3 is 34.6 Å². The Balaban J connectivity index is 0.848. The highest BCUT2D eigenvalue weighted by Gasteiger charge is 2.32. The lowest BCUT2D eigenvalue weighted by Crippen LogP contribution is -2.44. The summed E-state index contributed by atoms with van der Waals surface area (Å²) in [5, 5.41) is 13.9. The maximum absolute atomic E-state index is 13.1. The number of carbonyl (C=O) groups is 4. The molecular weight excluding hydrogens is 797 g/mol. The average Bonchev–Trinajstić information content (AvgIpc) is 3.92. The number of oxazole rings is 1. The van der Waals surface area contributed by atoms with Crippen molar-refractivity contribution in [2.24, 2.45) is 14.1 Å². The van der Waals surface area contributed by atoms with Crippen LogP contribution in [0.4, 0.5) is 24.7 Å². The van der Waals surface area contributed by atoms with E-state index < -0.39 is 36.5 Å². The molecule has 4 amide bonds. The number of amides is 4. The predicted molar refractivity (Wildman–Crippen MR) is 207 cm³/mol. The van der Waals surface area contributed by atoms with Gasteiger partial charge in [0.25, 0.3) is 11.8 Å². The minimum absolute atomic E-state index is 0.0304. The molecule has 1 saturated heterocycles.